The van der Waals surface area contributed by atoms with Gasteiger partial charge in [-0.25, -0.2) is 13.4 Å². The molecule has 0 bridgehead atoms. The largest absolute Gasteiger partial charge is 0.459 e. The van der Waals surface area contributed by atoms with Gasteiger partial charge in [0.15, 0.2) is 0 Å². The van der Waals surface area contributed by atoms with E-state index in [1.807, 2.05) is 19.0 Å². The minimum absolute atomic E-state index is 0.136. The van der Waals surface area contributed by atoms with Crippen LogP contribution in [-0.2, 0) is 19.6 Å². The zero-order chi connectivity index (χ0) is 31.5. The van der Waals surface area contributed by atoms with E-state index < -0.39 is 28.1 Å². The number of nitrogens with zero attached hydrogens (tertiary/aromatic N) is 4. The van der Waals surface area contributed by atoms with Crippen LogP contribution in [0.4, 0.5) is 5.69 Å². The second kappa shape index (κ2) is 12.9. The molecular weight excluding hydrogens is 613 g/mol. The first-order valence-corrected chi connectivity index (χ1v) is 15.5. The second-order valence-corrected chi connectivity index (χ2v) is 13.8. The Morgan fingerprint density at radius 1 is 1.00 bits per heavy atom. The highest BCUT2D eigenvalue weighted by molar-refractivity contribution is 7.92. The van der Waals surface area contributed by atoms with Crippen LogP contribution < -0.4 is 9.62 Å². The van der Waals surface area contributed by atoms with E-state index in [0.29, 0.717) is 35.4 Å². The van der Waals surface area contributed by atoms with Gasteiger partial charge < -0.3 is 19.5 Å². The number of amides is 1. The van der Waals surface area contributed by atoms with E-state index in [4.69, 9.17) is 27.9 Å². The molecule has 2 heterocycles. The van der Waals surface area contributed by atoms with Gasteiger partial charge in [-0.05, 0) is 89.5 Å². The predicted molar refractivity (Wildman–Crippen MR) is 169 cm³/mol. The van der Waals surface area contributed by atoms with Gasteiger partial charge in [0.25, 0.3) is 15.9 Å². The molecular formula is C30H33Cl2N5O5S. The fourth-order valence-corrected chi connectivity index (χ4v) is 6.41. The van der Waals surface area contributed by atoms with E-state index >= 15 is 0 Å². The summed E-state index contributed by atoms with van der Waals surface area (Å²) in [5, 5.41) is 3.84. The zero-order valence-corrected chi connectivity index (χ0v) is 26.8. The van der Waals surface area contributed by atoms with Gasteiger partial charge in [-0.1, -0.05) is 23.2 Å². The molecule has 0 saturated heterocycles. The van der Waals surface area contributed by atoms with Crippen LogP contribution in [0.3, 0.4) is 0 Å². The lowest BCUT2D eigenvalue weighted by atomic mass is 10.2. The third-order valence-corrected chi connectivity index (χ3v) is 8.37. The summed E-state index contributed by atoms with van der Waals surface area (Å²) in [7, 11) is -0.437. The van der Waals surface area contributed by atoms with E-state index in [-0.39, 0.29) is 26.5 Å². The van der Waals surface area contributed by atoms with Gasteiger partial charge in [0, 0.05) is 46.5 Å². The summed E-state index contributed by atoms with van der Waals surface area (Å²) in [6.45, 7) is 5.73. The molecule has 0 unspecified atom stereocenters. The number of likely N-dealkylation sites (N-methyl/N-ethyl adjacent to an activating group) is 1. The average Bonchev–Trinajstić information content (AvgIpc) is 3.33. The summed E-state index contributed by atoms with van der Waals surface area (Å²) >= 11 is 12.2. The smallest absolute Gasteiger partial charge is 0.327 e. The second-order valence-electron chi connectivity index (χ2n) is 11.1. The normalized spacial score (nSPS) is 12.0. The predicted octanol–water partition coefficient (Wildman–Crippen LogP) is 5.16. The fraction of sp³-hybridized carbons (Fsp3) is 0.300. The Kier molecular flexibility index (Phi) is 9.70. The summed E-state index contributed by atoms with van der Waals surface area (Å²) in [4.78, 5) is 31.8. The third-order valence-electron chi connectivity index (χ3n) is 6.18. The lowest BCUT2D eigenvalue weighted by molar-refractivity contribution is -0.152. The molecule has 0 aliphatic heterocycles. The summed E-state index contributed by atoms with van der Waals surface area (Å²) in [6.07, 6.45) is 3.33. The molecule has 1 N–H and O–H groups in total. The molecule has 0 aliphatic carbocycles. The van der Waals surface area contributed by atoms with Gasteiger partial charge in [0.2, 0.25) is 0 Å². The number of aromatic nitrogens is 2. The molecule has 4 rings (SSSR count). The molecule has 0 radical (unpaired) electrons. The molecule has 1 amide bonds. The van der Waals surface area contributed by atoms with Gasteiger partial charge >= 0.3 is 5.97 Å². The van der Waals surface area contributed by atoms with Gasteiger partial charge in [-0.2, -0.15) is 0 Å². The van der Waals surface area contributed by atoms with Crippen molar-refractivity contribution in [1.82, 2.24) is 19.8 Å². The summed E-state index contributed by atoms with van der Waals surface area (Å²) < 4.78 is 35.9. The molecule has 10 nitrogen and oxygen atoms in total. The van der Waals surface area contributed by atoms with Crippen LogP contribution in [0.25, 0.3) is 16.7 Å². The Morgan fingerprint density at radius 3 is 2.35 bits per heavy atom. The van der Waals surface area contributed by atoms with Crippen LogP contribution in [0.1, 0.15) is 31.1 Å². The Labute approximate surface area is 261 Å². The number of hydrogen-bond donors (Lipinski definition) is 1. The molecule has 13 heteroatoms. The van der Waals surface area contributed by atoms with Crippen molar-refractivity contribution in [2.24, 2.45) is 0 Å². The number of halogens is 2. The molecule has 0 fully saturated rings. The lowest BCUT2D eigenvalue weighted by Crippen LogP contribution is -2.39. The Bertz CT molecular complexity index is 1750. The van der Waals surface area contributed by atoms with Crippen LogP contribution in [0.5, 0.6) is 0 Å². The van der Waals surface area contributed by atoms with Crippen molar-refractivity contribution in [3.63, 3.8) is 0 Å². The van der Waals surface area contributed by atoms with Gasteiger partial charge in [0.1, 0.15) is 18.0 Å². The standard InChI is InChI=1S/C30H33Cl2N5O5S/c1-30(2,3)42-28(38)19-37(43(40,41)25-17-22(31)16-23(32)18-25)24-6-7-26-20(14-24)9-12-36(26)27-15-21(8-10-33-27)29(39)34-11-13-35(4)5/h6-10,12,14-18H,11,13,19H2,1-5H3,(H,34,39). The summed E-state index contributed by atoms with van der Waals surface area (Å²) in [5.41, 5.74) is 0.575. The van der Waals surface area contributed by atoms with E-state index in [2.05, 4.69) is 10.3 Å². The number of nitrogens with one attached hydrogen (secondary N) is 1. The number of sulfonamides is 1. The fourth-order valence-electron chi connectivity index (χ4n) is 4.28. The zero-order valence-electron chi connectivity index (χ0n) is 24.5. The van der Waals surface area contributed by atoms with E-state index in [9.17, 15) is 18.0 Å². The van der Waals surface area contributed by atoms with Crippen molar-refractivity contribution in [2.45, 2.75) is 31.3 Å². The SMILES string of the molecule is CN(C)CCNC(=O)c1ccnc(-n2ccc3cc(N(CC(=O)OC(C)(C)C)S(=O)(=O)c4cc(Cl)cc(Cl)c4)ccc32)c1. The van der Waals surface area contributed by atoms with E-state index in [1.165, 1.54) is 18.2 Å². The molecule has 2 aromatic heterocycles. The molecule has 0 atom stereocenters. The number of ether oxygens (including phenoxy) is 1. The summed E-state index contributed by atoms with van der Waals surface area (Å²) in [6, 6.07) is 14.0. The van der Waals surface area contributed by atoms with Crippen LogP contribution in [0, 0.1) is 0 Å². The molecule has 0 aliphatic rings. The van der Waals surface area contributed by atoms with Crippen molar-refractivity contribution in [1.29, 1.82) is 0 Å². The number of esters is 1. The highest BCUT2D eigenvalue weighted by Gasteiger charge is 2.30. The topological polar surface area (TPSA) is 114 Å². The number of carbonyl (C=O) groups excluding carboxylic acids is 2. The van der Waals surface area contributed by atoms with Gasteiger partial charge in [-0.3, -0.25) is 13.9 Å². The van der Waals surface area contributed by atoms with Gasteiger partial charge in [0.05, 0.1) is 16.1 Å². The molecule has 43 heavy (non-hydrogen) atoms. The van der Waals surface area contributed by atoms with Crippen LogP contribution in [-0.4, -0.2) is 74.1 Å². The highest BCUT2D eigenvalue weighted by atomic mass is 35.5. The minimum atomic E-state index is -4.30. The first-order valence-electron chi connectivity index (χ1n) is 13.4. The van der Waals surface area contributed by atoms with Crippen molar-refractivity contribution in [3.8, 4) is 5.82 Å². The maximum absolute atomic E-state index is 13.9. The summed E-state index contributed by atoms with van der Waals surface area (Å²) in [5.74, 6) is -0.435. The first-order chi connectivity index (χ1) is 20.1. The number of rotatable bonds is 10. The number of fused-ring (bicyclic) bond motifs is 1. The maximum atomic E-state index is 13.9. The van der Waals surface area contributed by atoms with Crippen LogP contribution in [0.15, 0.2) is 71.9 Å². The Balaban J connectivity index is 1.71. The lowest BCUT2D eigenvalue weighted by Gasteiger charge is -2.26. The number of pyridine rings is 1. The molecule has 0 saturated carbocycles. The highest BCUT2D eigenvalue weighted by Crippen LogP contribution is 2.31. The van der Waals surface area contributed by atoms with Crippen molar-refractivity contribution >= 4 is 61.7 Å². The van der Waals surface area contributed by atoms with E-state index in [0.717, 1.165) is 4.31 Å². The number of hydrogen-bond acceptors (Lipinski definition) is 7. The Morgan fingerprint density at radius 2 is 1.70 bits per heavy atom. The third kappa shape index (κ3) is 8.05. The number of anilines is 1. The van der Waals surface area contributed by atoms with Crippen LogP contribution >= 0.6 is 23.2 Å². The van der Waals surface area contributed by atoms with Crippen LogP contribution in [0.2, 0.25) is 10.0 Å². The first kappa shape index (κ1) is 32.3. The molecule has 228 valence electrons. The van der Waals surface area contributed by atoms with Crippen molar-refractivity contribution in [3.05, 3.63) is 82.6 Å². The van der Waals surface area contributed by atoms with Crippen molar-refractivity contribution in [2.75, 3.05) is 38.0 Å². The maximum Gasteiger partial charge on any atom is 0.327 e. The van der Waals surface area contributed by atoms with Gasteiger partial charge in [-0.15, -0.1) is 0 Å². The minimum Gasteiger partial charge on any atom is -0.459 e. The van der Waals surface area contributed by atoms with E-state index in [1.54, 1.807) is 74.1 Å². The molecule has 2 aromatic carbocycles. The molecule has 0 spiro atoms. The van der Waals surface area contributed by atoms with Crippen molar-refractivity contribution < 1.29 is 22.7 Å². The molecule has 4 aromatic rings. The number of benzene rings is 2. The monoisotopic (exact) mass is 645 g/mol. The Hall–Kier alpha value is -3.64. The number of carbonyl (C=O) groups is 2. The average molecular weight is 647 g/mol. The quantitative estimate of drug-likeness (QED) is 0.237.